The molecule has 1 atom stereocenters. The van der Waals surface area contributed by atoms with Gasteiger partial charge in [-0.05, 0) is 54.4 Å². The summed E-state index contributed by atoms with van der Waals surface area (Å²) in [5.74, 6) is -2.13. The summed E-state index contributed by atoms with van der Waals surface area (Å²) in [6, 6.07) is 16.2. The number of nitrogens with zero attached hydrogens (tertiary/aromatic N) is 2. The van der Waals surface area contributed by atoms with Crippen LogP contribution in [0.2, 0.25) is 0 Å². The van der Waals surface area contributed by atoms with E-state index >= 15 is 0 Å². The summed E-state index contributed by atoms with van der Waals surface area (Å²) < 4.78 is 5.80. The van der Waals surface area contributed by atoms with E-state index in [1.165, 1.54) is 4.90 Å². The Balaban J connectivity index is 1.78. The molecule has 0 spiro atoms. The molecule has 0 radical (unpaired) electrons. The molecule has 0 saturated carbocycles. The van der Waals surface area contributed by atoms with E-state index in [1.807, 2.05) is 0 Å². The quantitative estimate of drug-likeness (QED) is 0.221. The van der Waals surface area contributed by atoms with Crippen LogP contribution >= 0.6 is 15.9 Å². The van der Waals surface area contributed by atoms with Gasteiger partial charge in [-0.15, -0.1) is 0 Å². The Hall–Kier alpha value is -3.78. The number of aliphatic hydroxyl groups is 1. The van der Waals surface area contributed by atoms with Crippen molar-refractivity contribution in [3.8, 4) is 0 Å². The van der Waals surface area contributed by atoms with E-state index in [4.69, 9.17) is 4.74 Å². The fourth-order valence-corrected chi connectivity index (χ4v) is 4.14. The molecule has 3 aromatic rings. The maximum Gasteiger partial charge on any atom is 0.310 e. The number of carbonyl (C=O) groups is 3. The maximum atomic E-state index is 13.2. The summed E-state index contributed by atoms with van der Waals surface area (Å²) in [6.07, 6.45) is 3.24. The van der Waals surface area contributed by atoms with Gasteiger partial charge in [0.2, 0.25) is 0 Å². The van der Waals surface area contributed by atoms with Crippen molar-refractivity contribution in [3.63, 3.8) is 0 Å². The van der Waals surface area contributed by atoms with Gasteiger partial charge in [0, 0.05) is 28.1 Å². The lowest BCUT2D eigenvalue weighted by Crippen LogP contribution is -2.29. The number of rotatable bonds is 6. The topological polar surface area (TPSA) is 96.8 Å². The number of anilines is 1. The average Bonchev–Trinajstić information content (AvgIpc) is 3.11. The standard InChI is InChI=1S/C26H21BrN2O5/c1-2-34-21(30)15-16-3-9-20(10-4-16)29-23(17-11-13-28-14-12-17)22(25(32)26(29)33)24(31)18-5-7-19(27)8-6-18/h3-14,23,31H,2,15H2,1H3/b24-22-. The van der Waals surface area contributed by atoms with Crippen molar-refractivity contribution in [2.45, 2.75) is 19.4 Å². The van der Waals surface area contributed by atoms with Gasteiger partial charge in [-0.3, -0.25) is 24.3 Å². The maximum absolute atomic E-state index is 13.2. The fraction of sp³-hybridized carbons (Fsp3) is 0.154. The van der Waals surface area contributed by atoms with E-state index in [-0.39, 0.29) is 23.7 Å². The van der Waals surface area contributed by atoms with Gasteiger partial charge in [0.05, 0.1) is 24.6 Å². The number of pyridine rings is 1. The Bertz CT molecular complexity index is 1250. The van der Waals surface area contributed by atoms with E-state index in [9.17, 15) is 19.5 Å². The SMILES string of the molecule is CCOC(=O)Cc1ccc(N2C(=O)C(=O)/C(=C(\O)c3ccc(Br)cc3)C2c2ccncc2)cc1. The lowest BCUT2D eigenvalue weighted by Gasteiger charge is -2.25. The molecule has 1 aliphatic heterocycles. The zero-order valence-electron chi connectivity index (χ0n) is 18.3. The first kappa shape index (κ1) is 23.4. The summed E-state index contributed by atoms with van der Waals surface area (Å²) in [6.45, 7) is 2.04. The molecule has 172 valence electrons. The number of carbonyl (C=O) groups excluding carboxylic acids is 3. The molecule has 0 aliphatic carbocycles. The van der Waals surface area contributed by atoms with Crippen molar-refractivity contribution in [1.29, 1.82) is 0 Å². The van der Waals surface area contributed by atoms with Crippen molar-refractivity contribution in [3.05, 3.63) is 99.8 Å². The molecular weight excluding hydrogens is 500 g/mol. The van der Waals surface area contributed by atoms with E-state index < -0.39 is 17.7 Å². The predicted molar refractivity (Wildman–Crippen MR) is 130 cm³/mol. The first-order valence-corrected chi connectivity index (χ1v) is 11.4. The van der Waals surface area contributed by atoms with Gasteiger partial charge >= 0.3 is 5.97 Å². The number of aromatic nitrogens is 1. The van der Waals surface area contributed by atoms with Gasteiger partial charge in [0.1, 0.15) is 5.76 Å². The van der Waals surface area contributed by atoms with E-state index in [1.54, 1.807) is 80.0 Å². The molecule has 0 bridgehead atoms. The number of benzene rings is 2. The number of ketones is 1. The number of halogens is 1. The minimum atomic E-state index is -0.845. The highest BCUT2D eigenvalue weighted by Crippen LogP contribution is 2.42. The first-order valence-electron chi connectivity index (χ1n) is 10.6. The molecule has 1 aromatic heterocycles. The Morgan fingerprint density at radius 1 is 1.03 bits per heavy atom. The first-order chi connectivity index (χ1) is 16.4. The number of Topliss-reactive ketones (excluding diaryl/α,β-unsaturated/α-hetero) is 1. The summed E-state index contributed by atoms with van der Waals surface area (Å²) >= 11 is 3.35. The Labute approximate surface area is 204 Å². The zero-order chi connectivity index (χ0) is 24.2. The molecule has 7 nitrogen and oxygen atoms in total. The number of hydrogen-bond donors (Lipinski definition) is 1. The highest BCUT2D eigenvalue weighted by atomic mass is 79.9. The molecule has 2 heterocycles. The Morgan fingerprint density at radius 2 is 1.68 bits per heavy atom. The number of amides is 1. The third-order valence-electron chi connectivity index (χ3n) is 5.45. The van der Waals surface area contributed by atoms with Crippen LogP contribution in [-0.2, 0) is 25.5 Å². The van der Waals surface area contributed by atoms with Gasteiger partial charge in [-0.2, -0.15) is 0 Å². The molecule has 1 amide bonds. The highest BCUT2D eigenvalue weighted by molar-refractivity contribution is 9.10. The van der Waals surface area contributed by atoms with Gasteiger partial charge in [0.15, 0.2) is 0 Å². The van der Waals surface area contributed by atoms with Crippen molar-refractivity contribution < 1.29 is 24.2 Å². The van der Waals surface area contributed by atoms with Crippen LogP contribution in [0, 0.1) is 0 Å². The molecule has 2 aromatic carbocycles. The second-order valence-corrected chi connectivity index (χ2v) is 8.52. The van der Waals surface area contributed by atoms with Gasteiger partial charge in [-0.1, -0.05) is 40.2 Å². The van der Waals surface area contributed by atoms with Crippen LogP contribution in [0.15, 0.2) is 83.1 Å². The van der Waals surface area contributed by atoms with Gasteiger partial charge < -0.3 is 9.84 Å². The second kappa shape index (κ2) is 10.0. The number of hydrogen-bond acceptors (Lipinski definition) is 6. The van der Waals surface area contributed by atoms with Gasteiger partial charge in [-0.25, -0.2) is 0 Å². The van der Waals surface area contributed by atoms with Crippen LogP contribution in [0.3, 0.4) is 0 Å². The molecule has 34 heavy (non-hydrogen) atoms. The molecule has 1 aliphatic rings. The van der Waals surface area contributed by atoms with Crippen LogP contribution in [0.25, 0.3) is 5.76 Å². The van der Waals surface area contributed by atoms with Crippen LogP contribution in [0.4, 0.5) is 5.69 Å². The third kappa shape index (κ3) is 4.63. The zero-order valence-corrected chi connectivity index (χ0v) is 19.9. The molecule has 1 N–H and O–H groups in total. The van der Waals surface area contributed by atoms with Crippen molar-refractivity contribution in [1.82, 2.24) is 4.98 Å². The van der Waals surface area contributed by atoms with Crippen LogP contribution in [0.5, 0.6) is 0 Å². The summed E-state index contributed by atoms with van der Waals surface area (Å²) in [5.41, 5.74) is 2.23. The Kier molecular flexibility index (Phi) is 6.88. The number of aliphatic hydroxyl groups excluding tert-OH is 1. The third-order valence-corrected chi connectivity index (χ3v) is 5.98. The monoisotopic (exact) mass is 520 g/mol. The molecule has 1 saturated heterocycles. The minimum absolute atomic E-state index is 0.00544. The molecule has 1 unspecified atom stereocenters. The van der Waals surface area contributed by atoms with Crippen molar-refractivity contribution in [2.75, 3.05) is 11.5 Å². The minimum Gasteiger partial charge on any atom is -0.507 e. The summed E-state index contributed by atoms with van der Waals surface area (Å²) in [5, 5.41) is 11.1. The van der Waals surface area contributed by atoms with Crippen molar-refractivity contribution >= 4 is 45.0 Å². The predicted octanol–water partition coefficient (Wildman–Crippen LogP) is 4.58. The van der Waals surface area contributed by atoms with Crippen LogP contribution < -0.4 is 4.90 Å². The molecular formula is C26H21BrN2O5. The van der Waals surface area contributed by atoms with Gasteiger partial charge in [0.25, 0.3) is 11.7 Å². The molecule has 1 fully saturated rings. The highest BCUT2D eigenvalue weighted by Gasteiger charge is 2.46. The number of esters is 1. The lowest BCUT2D eigenvalue weighted by atomic mass is 9.95. The van der Waals surface area contributed by atoms with Crippen LogP contribution in [-0.4, -0.2) is 34.4 Å². The van der Waals surface area contributed by atoms with E-state index in [0.29, 0.717) is 29.0 Å². The van der Waals surface area contributed by atoms with E-state index in [2.05, 4.69) is 20.9 Å². The smallest absolute Gasteiger partial charge is 0.310 e. The number of ether oxygens (including phenoxy) is 1. The van der Waals surface area contributed by atoms with Crippen LogP contribution in [0.1, 0.15) is 29.7 Å². The Morgan fingerprint density at radius 3 is 2.29 bits per heavy atom. The normalized spacial score (nSPS) is 17.1. The second-order valence-electron chi connectivity index (χ2n) is 7.60. The summed E-state index contributed by atoms with van der Waals surface area (Å²) in [4.78, 5) is 43.5. The fourth-order valence-electron chi connectivity index (χ4n) is 3.88. The average molecular weight is 521 g/mol. The molecule has 8 heteroatoms. The lowest BCUT2D eigenvalue weighted by molar-refractivity contribution is -0.142. The van der Waals surface area contributed by atoms with E-state index in [0.717, 1.165) is 4.47 Å². The summed E-state index contributed by atoms with van der Waals surface area (Å²) in [7, 11) is 0. The van der Waals surface area contributed by atoms with Crippen molar-refractivity contribution in [2.24, 2.45) is 0 Å². The largest absolute Gasteiger partial charge is 0.507 e. The molecule has 4 rings (SSSR count).